The number of hydrogen-bond donors (Lipinski definition) is 3. The van der Waals surface area contributed by atoms with E-state index in [0.29, 0.717) is 12.8 Å². The van der Waals surface area contributed by atoms with E-state index in [9.17, 15) is 9.90 Å². The lowest BCUT2D eigenvalue weighted by Gasteiger charge is -2.27. The quantitative estimate of drug-likeness (QED) is 0.207. The first kappa shape index (κ1) is 28.4. The molecular formula is C25H52N2O2. The van der Waals surface area contributed by atoms with Gasteiger partial charge in [-0.05, 0) is 33.6 Å². The van der Waals surface area contributed by atoms with Crippen LogP contribution in [-0.2, 0) is 4.79 Å². The maximum atomic E-state index is 12.0. The van der Waals surface area contributed by atoms with Crippen LogP contribution in [0.5, 0.6) is 0 Å². The molecule has 0 aliphatic carbocycles. The van der Waals surface area contributed by atoms with Crippen molar-refractivity contribution < 1.29 is 9.90 Å². The van der Waals surface area contributed by atoms with E-state index >= 15 is 0 Å². The minimum absolute atomic E-state index is 0.0818. The van der Waals surface area contributed by atoms with Gasteiger partial charge in [0.25, 0.3) is 0 Å². The lowest BCUT2D eigenvalue weighted by atomic mass is 9.95. The first-order valence-electron chi connectivity index (χ1n) is 12.5. The van der Waals surface area contributed by atoms with Crippen LogP contribution in [0.2, 0.25) is 0 Å². The molecule has 0 heterocycles. The van der Waals surface area contributed by atoms with E-state index < -0.39 is 5.60 Å². The second-order valence-electron chi connectivity index (χ2n) is 9.74. The number of carbonyl (C=O) groups excluding carboxylic acids is 1. The largest absolute Gasteiger partial charge is 0.390 e. The normalized spacial score (nSPS) is 14.0. The summed E-state index contributed by atoms with van der Waals surface area (Å²) >= 11 is 0. The van der Waals surface area contributed by atoms with Gasteiger partial charge in [-0.15, -0.1) is 0 Å². The van der Waals surface area contributed by atoms with Crippen molar-refractivity contribution in [2.45, 2.75) is 155 Å². The Morgan fingerprint density at radius 1 is 0.828 bits per heavy atom. The maximum Gasteiger partial charge on any atom is 0.220 e. The average Bonchev–Trinajstić information content (AvgIpc) is 2.63. The Labute approximate surface area is 181 Å². The molecule has 0 bridgehead atoms. The molecule has 0 aromatic heterocycles. The van der Waals surface area contributed by atoms with Gasteiger partial charge in [-0.2, -0.15) is 0 Å². The van der Waals surface area contributed by atoms with Gasteiger partial charge < -0.3 is 16.2 Å². The van der Waals surface area contributed by atoms with Crippen molar-refractivity contribution in [2.75, 3.05) is 0 Å². The van der Waals surface area contributed by atoms with Gasteiger partial charge in [0.15, 0.2) is 0 Å². The first-order chi connectivity index (χ1) is 13.8. The van der Waals surface area contributed by atoms with E-state index in [2.05, 4.69) is 12.2 Å². The third kappa shape index (κ3) is 20.4. The van der Waals surface area contributed by atoms with E-state index in [-0.39, 0.29) is 18.0 Å². The van der Waals surface area contributed by atoms with Crippen LogP contribution in [0, 0.1) is 0 Å². The van der Waals surface area contributed by atoms with Crippen LogP contribution in [-0.4, -0.2) is 28.7 Å². The fourth-order valence-electron chi connectivity index (χ4n) is 3.84. The molecule has 174 valence electrons. The summed E-state index contributed by atoms with van der Waals surface area (Å²) in [4.78, 5) is 12.0. The molecule has 2 atom stereocenters. The summed E-state index contributed by atoms with van der Waals surface area (Å²) in [5.41, 5.74) is 5.26. The molecule has 4 nitrogen and oxygen atoms in total. The molecule has 0 radical (unpaired) electrons. The van der Waals surface area contributed by atoms with Gasteiger partial charge in [0.05, 0.1) is 5.60 Å². The topological polar surface area (TPSA) is 75.4 Å². The Bertz CT molecular complexity index is 380. The molecule has 1 amide bonds. The molecular weight excluding hydrogens is 360 g/mol. The van der Waals surface area contributed by atoms with Crippen LogP contribution >= 0.6 is 0 Å². The fourth-order valence-corrected chi connectivity index (χ4v) is 3.84. The summed E-state index contributed by atoms with van der Waals surface area (Å²) in [7, 11) is 0. The minimum atomic E-state index is -0.799. The highest BCUT2D eigenvalue weighted by molar-refractivity contribution is 5.76. The molecule has 0 aromatic carbocycles. The van der Waals surface area contributed by atoms with Crippen LogP contribution in [0.3, 0.4) is 0 Å². The Morgan fingerprint density at radius 2 is 1.21 bits per heavy atom. The van der Waals surface area contributed by atoms with Crippen molar-refractivity contribution in [3.63, 3.8) is 0 Å². The molecule has 4 heteroatoms. The molecule has 0 aliphatic heterocycles. The molecule has 0 saturated carbocycles. The molecule has 0 fully saturated rings. The Hall–Kier alpha value is -0.610. The van der Waals surface area contributed by atoms with Gasteiger partial charge in [0.2, 0.25) is 5.91 Å². The van der Waals surface area contributed by atoms with Gasteiger partial charge in [0.1, 0.15) is 0 Å². The molecule has 0 aromatic rings. The second-order valence-corrected chi connectivity index (χ2v) is 9.74. The van der Waals surface area contributed by atoms with Crippen molar-refractivity contribution in [2.24, 2.45) is 5.73 Å². The predicted molar refractivity (Wildman–Crippen MR) is 126 cm³/mol. The highest BCUT2D eigenvalue weighted by Crippen LogP contribution is 2.14. The molecule has 0 rings (SSSR count). The summed E-state index contributed by atoms with van der Waals surface area (Å²) in [5, 5.41) is 12.8. The Morgan fingerprint density at radius 3 is 1.59 bits per heavy atom. The predicted octanol–water partition coefficient (Wildman–Crippen LogP) is 6.24. The van der Waals surface area contributed by atoms with E-state index in [4.69, 9.17) is 5.73 Å². The van der Waals surface area contributed by atoms with Crippen LogP contribution in [0.25, 0.3) is 0 Å². The van der Waals surface area contributed by atoms with E-state index in [1.807, 2.05) is 6.92 Å². The van der Waals surface area contributed by atoms with Crippen molar-refractivity contribution in [3.05, 3.63) is 0 Å². The van der Waals surface area contributed by atoms with Crippen molar-refractivity contribution in [1.82, 2.24) is 5.32 Å². The van der Waals surface area contributed by atoms with Crippen LogP contribution in [0.1, 0.15) is 137 Å². The molecule has 2 unspecified atom stereocenters. The summed E-state index contributed by atoms with van der Waals surface area (Å²) in [5.74, 6) is 0.0818. The number of rotatable bonds is 20. The molecule has 4 N–H and O–H groups in total. The van der Waals surface area contributed by atoms with Crippen LogP contribution in [0.15, 0.2) is 0 Å². The summed E-state index contributed by atoms with van der Waals surface area (Å²) in [6, 6.07) is -0.328. The number of unbranched alkanes of at least 4 members (excludes halogenated alkanes) is 14. The minimum Gasteiger partial charge on any atom is -0.390 e. The molecule has 0 saturated heterocycles. The zero-order valence-corrected chi connectivity index (χ0v) is 20.1. The third-order valence-electron chi connectivity index (χ3n) is 5.77. The van der Waals surface area contributed by atoms with Crippen LogP contribution in [0.4, 0.5) is 0 Å². The zero-order valence-electron chi connectivity index (χ0n) is 20.1. The SMILES string of the molecule is CCCCCCCCCCCCCCCCCC(=O)NC(C)C(N)CC(C)(C)O. The monoisotopic (exact) mass is 412 g/mol. The Balaban J connectivity index is 3.40. The van der Waals surface area contributed by atoms with Gasteiger partial charge in [-0.1, -0.05) is 96.8 Å². The Kier molecular flexibility index (Phi) is 17.8. The van der Waals surface area contributed by atoms with Crippen molar-refractivity contribution in [3.8, 4) is 0 Å². The summed E-state index contributed by atoms with van der Waals surface area (Å²) in [6.45, 7) is 7.69. The highest BCUT2D eigenvalue weighted by Gasteiger charge is 2.22. The number of nitrogens with one attached hydrogen (secondary N) is 1. The third-order valence-corrected chi connectivity index (χ3v) is 5.77. The van der Waals surface area contributed by atoms with E-state index in [1.165, 1.54) is 83.5 Å². The number of aliphatic hydroxyl groups is 1. The standard InChI is InChI=1S/C25H52N2O2/c1-5-6-7-8-9-10-11-12-13-14-15-16-17-18-19-20-24(28)27-22(2)23(26)21-25(3,4)29/h22-23,29H,5-21,26H2,1-4H3,(H,27,28). The first-order valence-corrected chi connectivity index (χ1v) is 12.5. The number of carbonyl (C=O) groups is 1. The summed E-state index contributed by atoms with van der Waals surface area (Å²) in [6.07, 6.45) is 21.0. The van der Waals surface area contributed by atoms with Gasteiger partial charge >= 0.3 is 0 Å². The van der Waals surface area contributed by atoms with Crippen molar-refractivity contribution >= 4 is 5.91 Å². The van der Waals surface area contributed by atoms with E-state index in [0.717, 1.165) is 12.8 Å². The van der Waals surface area contributed by atoms with Crippen molar-refractivity contribution in [1.29, 1.82) is 0 Å². The van der Waals surface area contributed by atoms with Gasteiger partial charge in [-0.3, -0.25) is 4.79 Å². The number of amides is 1. The van der Waals surface area contributed by atoms with Crippen LogP contribution < -0.4 is 11.1 Å². The molecule has 0 aliphatic rings. The lowest BCUT2D eigenvalue weighted by molar-refractivity contribution is -0.122. The zero-order chi connectivity index (χ0) is 22.0. The highest BCUT2D eigenvalue weighted by atomic mass is 16.3. The average molecular weight is 413 g/mol. The lowest BCUT2D eigenvalue weighted by Crippen LogP contribution is -2.48. The maximum absolute atomic E-state index is 12.0. The number of hydrogen-bond acceptors (Lipinski definition) is 3. The van der Waals surface area contributed by atoms with Gasteiger partial charge in [-0.25, -0.2) is 0 Å². The molecule has 0 spiro atoms. The second kappa shape index (κ2) is 18.2. The molecule has 29 heavy (non-hydrogen) atoms. The van der Waals surface area contributed by atoms with Gasteiger partial charge in [0, 0.05) is 18.5 Å². The fraction of sp³-hybridized carbons (Fsp3) is 0.960. The number of nitrogens with two attached hydrogens (primary N) is 1. The smallest absolute Gasteiger partial charge is 0.220 e. The van der Waals surface area contributed by atoms with E-state index in [1.54, 1.807) is 13.8 Å². The summed E-state index contributed by atoms with van der Waals surface area (Å²) < 4.78 is 0.